The Kier molecular flexibility index (Phi) is 11.1. The van der Waals surface area contributed by atoms with Crippen LogP contribution in [0.5, 0.6) is 5.75 Å². The molecule has 0 saturated heterocycles. The minimum absolute atomic E-state index is 0.0367. The van der Waals surface area contributed by atoms with E-state index in [4.69, 9.17) is 21.1 Å². The maximum Gasteiger partial charge on any atom is 0.286 e. The first-order valence-electron chi connectivity index (χ1n) is 18.4. The van der Waals surface area contributed by atoms with Crippen LogP contribution >= 0.6 is 11.6 Å². The zero-order chi connectivity index (χ0) is 36.4. The van der Waals surface area contributed by atoms with Crippen molar-refractivity contribution in [1.82, 2.24) is 4.72 Å². The monoisotopic (exact) mass is 745 g/mol. The number of halogens is 1. The number of nitrogens with zero attached hydrogens (tertiary/aromatic N) is 2. The molecule has 3 unspecified atom stereocenters. The lowest BCUT2D eigenvalue weighted by atomic mass is 9.69. The Morgan fingerprint density at radius 1 is 1.10 bits per heavy atom. The second kappa shape index (κ2) is 15.7. The van der Waals surface area contributed by atoms with Crippen LogP contribution in [0.1, 0.15) is 65.6 Å². The minimum atomic E-state index is -3.63. The summed E-state index contributed by atoms with van der Waals surface area (Å²) in [5.74, 6) is 0.123. The molecule has 0 radical (unpaired) electrons. The van der Waals surface area contributed by atoms with Crippen LogP contribution in [0, 0.1) is 23.7 Å². The molecule has 2 N–H and O–H groups in total. The predicted molar refractivity (Wildman–Crippen MR) is 204 cm³/mol. The summed E-state index contributed by atoms with van der Waals surface area (Å²) in [4.78, 5) is 29.6. The van der Waals surface area contributed by atoms with Crippen molar-refractivity contribution in [2.45, 2.75) is 63.6 Å². The number of benzene rings is 3. The summed E-state index contributed by atoms with van der Waals surface area (Å²) in [5, 5.41) is 11.5. The van der Waals surface area contributed by atoms with Crippen LogP contribution in [0.2, 0.25) is 5.02 Å². The molecule has 11 heteroatoms. The lowest BCUT2D eigenvalue weighted by Gasteiger charge is -2.46. The molecule has 2 aliphatic carbocycles. The van der Waals surface area contributed by atoms with Crippen LogP contribution in [0.25, 0.3) is 0 Å². The number of methoxy groups -OCH3 is 1. The molecule has 2 bridgehead atoms. The van der Waals surface area contributed by atoms with Crippen LogP contribution < -0.4 is 14.4 Å². The van der Waals surface area contributed by atoms with Gasteiger partial charge in [-0.3, -0.25) is 14.3 Å². The van der Waals surface area contributed by atoms with E-state index < -0.39 is 27.8 Å². The Hall–Kier alpha value is -3.70. The Bertz CT molecular complexity index is 1950. The fourth-order valence-electron chi connectivity index (χ4n) is 8.40. The number of ether oxygens (including phenoxy) is 2. The van der Waals surface area contributed by atoms with Gasteiger partial charge >= 0.3 is 0 Å². The molecule has 52 heavy (non-hydrogen) atoms. The first-order chi connectivity index (χ1) is 25.1. The van der Waals surface area contributed by atoms with Crippen LogP contribution in [0.4, 0.5) is 5.69 Å². The minimum Gasteiger partial charge on any atom is -0.491 e. The zero-order valence-electron chi connectivity index (χ0n) is 29.8. The van der Waals surface area contributed by atoms with E-state index in [1.165, 1.54) is 11.1 Å². The highest BCUT2D eigenvalue weighted by atomic mass is 35.5. The second-order valence-corrected chi connectivity index (χ2v) is 17.4. The average Bonchev–Trinajstić information content (AvgIpc) is 3.10. The number of hydrogen-bond acceptors (Lipinski definition) is 7. The van der Waals surface area contributed by atoms with E-state index in [1.807, 2.05) is 43.3 Å². The standard InChI is InChI=1S/C41H48ClN3O6S/c1-26-7-6-10-38(50-2)34-16-13-30(34)22-45-23-35-31(12-11-28-20-32(42)15-17-33(28)35)24-51-39-18-14-29(21-36(39)45)40(47)43-52(49,25-26)44-41(48)37(46)19-27-8-4-3-5-9-27/h3-6,8-10,14-15,17-18,20-21,26,30-31,34-35,37-38,46H,7,11-13,16,19,22-25H2,1-2H3,(H,43,44,47,48,49)/b10-6+/t26-,30-,31?,34+,35?,37-,38-,52?/m0/s1. The van der Waals surface area contributed by atoms with Crippen molar-refractivity contribution >= 4 is 39.0 Å². The molecule has 2 heterocycles. The van der Waals surface area contributed by atoms with Gasteiger partial charge in [0.25, 0.3) is 11.8 Å². The molecule has 8 atom stereocenters. The summed E-state index contributed by atoms with van der Waals surface area (Å²) in [6, 6.07) is 20.6. The molecule has 4 aliphatic rings. The highest BCUT2D eigenvalue weighted by Gasteiger charge is 2.40. The van der Waals surface area contributed by atoms with Crippen molar-refractivity contribution in [3.8, 4) is 5.75 Å². The number of aliphatic hydroxyl groups is 1. The molecule has 3 aromatic carbocycles. The summed E-state index contributed by atoms with van der Waals surface area (Å²) >= 11 is 6.43. The number of carbonyl (C=O) groups is 2. The van der Waals surface area contributed by atoms with Crippen molar-refractivity contribution in [1.29, 1.82) is 0 Å². The Morgan fingerprint density at radius 3 is 2.69 bits per heavy atom. The van der Waals surface area contributed by atoms with Crippen molar-refractivity contribution in [2.75, 3.05) is 37.5 Å². The summed E-state index contributed by atoms with van der Waals surface area (Å²) in [5.41, 5.74) is 4.38. The Balaban J connectivity index is 1.26. The third-order valence-corrected chi connectivity index (χ3v) is 13.6. The normalized spacial score (nSPS) is 30.0. The third kappa shape index (κ3) is 8.10. The van der Waals surface area contributed by atoms with Crippen molar-refractivity contribution in [3.05, 3.63) is 106 Å². The summed E-state index contributed by atoms with van der Waals surface area (Å²) < 4.78 is 33.8. The number of rotatable bonds is 5. The van der Waals surface area contributed by atoms with E-state index in [1.54, 1.807) is 31.4 Å². The van der Waals surface area contributed by atoms with E-state index in [2.05, 4.69) is 32.2 Å². The van der Waals surface area contributed by atoms with Gasteiger partial charge in [-0.15, -0.1) is 4.36 Å². The molecule has 7 rings (SSSR count). The van der Waals surface area contributed by atoms with Crippen molar-refractivity contribution in [3.63, 3.8) is 0 Å². The lowest BCUT2D eigenvalue weighted by Crippen LogP contribution is -2.46. The van der Waals surface area contributed by atoms with Gasteiger partial charge in [0.2, 0.25) is 0 Å². The van der Waals surface area contributed by atoms with Crippen LogP contribution in [-0.2, 0) is 32.3 Å². The fraction of sp³-hybridized carbons (Fsp3) is 0.463. The molecular weight excluding hydrogens is 698 g/mol. The van der Waals surface area contributed by atoms with Crippen LogP contribution in [0.15, 0.2) is 83.2 Å². The maximum absolute atomic E-state index is 14.5. The number of allylic oxidation sites excluding steroid dienone is 1. The predicted octanol–water partition coefficient (Wildman–Crippen LogP) is 6.77. The molecule has 276 valence electrons. The van der Waals surface area contributed by atoms with E-state index in [-0.39, 0.29) is 35.7 Å². The Labute approximate surface area is 312 Å². The molecule has 9 nitrogen and oxygen atoms in total. The van der Waals surface area contributed by atoms with E-state index in [0.29, 0.717) is 36.5 Å². The van der Waals surface area contributed by atoms with Gasteiger partial charge in [-0.05, 0) is 96.9 Å². The highest BCUT2D eigenvalue weighted by molar-refractivity contribution is 7.92. The van der Waals surface area contributed by atoms with Gasteiger partial charge in [0.15, 0.2) is 0 Å². The van der Waals surface area contributed by atoms with Crippen LogP contribution in [-0.4, -0.2) is 65.9 Å². The zero-order valence-corrected chi connectivity index (χ0v) is 31.4. The van der Waals surface area contributed by atoms with Gasteiger partial charge in [-0.25, -0.2) is 4.21 Å². The number of anilines is 1. The molecule has 1 saturated carbocycles. The number of amides is 2. The van der Waals surface area contributed by atoms with Crippen molar-refractivity contribution in [2.24, 2.45) is 28.0 Å². The summed E-state index contributed by atoms with van der Waals surface area (Å²) in [6.07, 6.45) is 7.27. The molecule has 0 aromatic heterocycles. The molecule has 0 spiro atoms. The number of carbonyl (C=O) groups excluding carboxylic acids is 2. The third-order valence-electron chi connectivity index (χ3n) is 11.3. The highest BCUT2D eigenvalue weighted by Crippen LogP contribution is 2.45. The lowest BCUT2D eigenvalue weighted by molar-refractivity contribution is -0.127. The molecular formula is C41H48ClN3O6S. The van der Waals surface area contributed by atoms with Crippen molar-refractivity contribution < 1.29 is 28.4 Å². The average molecular weight is 746 g/mol. The van der Waals surface area contributed by atoms with Gasteiger partial charge in [-0.1, -0.05) is 67.1 Å². The molecule has 1 fully saturated rings. The quantitative estimate of drug-likeness (QED) is 0.277. The number of fused-ring (bicyclic) bond motifs is 5. The topological polar surface area (TPSA) is 118 Å². The van der Waals surface area contributed by atoms with Gasteiger partial charge < -0.3 is 19.5 Å². The van der Waals surface area contributed by atoms with E-state index in [9.17, 15) is 18.9 Å². The second-order valence-electron chi connectivity index (χ2n) is 15.0. The molecule has 3 aromatic rings. The number of hydrogen-bond donors (Lipinski definition) is 2. The SMILES string of the molecule is CO[C@H]1/C=C/C[C@H](C)CS(=O)(NC(=O)[C@@H](O)Cc2ccccc2)=NC(=O)c2ccc3c(c2)N(CC2c4ccc(Cl)cc4CCC2CO3)C[C@@H]2CC[C@H]21. The van der Waals surface area contributed by atoms with Gasteiger partial charge in [0.05, 0.1) is 24.2 Å². The van der Waals surface area contributed by atoms with E-state index in [0.717, 1.165) is 55.0 Å². The first-order valence-corrected chi connectivity index (χ1v) is 20.5. The van der Waals surface area contributed by atoms with Gasteiger partial charge in [0.1, 0.15) is 21.8 Å². The largest absolute Gasteiger partial charge is 0.491 e. The molecule has 2 amide bonds. The van der Waals surface area contributed by atoms with E-state index >= 15 is 0 Å². The van der Waals surface area contributed by atoms with Crippen LogP contribution in [0.3, 0.4) is 0 Å². The number of aliphatic hydroxyl groups excluding tert-OH is 1. The first kappa shape index (κ1) is 36.6. The summed E-state index contributed by atoms with van der Waals surface area (Å²) in [7, 11) is -1.88. The smallest absolute Gasteiger partial charge is 0.286 e. The Morgan fingerprint density at radius 2 is 1.92 bits per heavy atom. The fourth-order valence-corrected chi connectivity index (χ4v) is 10.5. The molecule has 2 aliphatic heterocycles. The van der Waals surface area contributed by atoms with Gasteiger partial charge in [-0.2, -0.15) is 0 Å². The maximum atomic E-state index is 14.5. The number of nitrogens with one attached hydrogen (secondary N) is 1. The van der Waals surface area contributed by atoms with Gasteiger partial charge in [0, 0.05) is 49.0 Å². The number of aryl methyl sites for hydroxylation is 1. The summed E-state index contributed by atoms with van der Waals surface area (Å²) in [6.45, 7) is 3.97.